The lowest BCUT2D eigenvalue weighted by atomic mass is 9.70. The molecule has 0 aliphatic heterocycles. The molecule has 4 aromatic rings. The number of fused-ring (bicyclic) bond motifs is 3. The van der Waals surface area contributed by atoms with Gasteiger partial charge in [-0.15, -0.1) is 0 Å². The molecule has 1 fully saturated rings. The summed E-state index contributed by atoms with van der Waals surface area (Å²) in [5.41, 5.74) is 12.8. The van der Waals surface area contributed by atoms with E-state index in [4.69, 9.17) is 0 Å². The lowest BCUT2D eigenvalue weighted by Gasteiger charge is -2.42. The first kappa shape index (κ1) is 26.9. The summed E-state index contributed by atoms with van der Waals surface area (Å²) in [6.07, 6.45) is 5.10. The highest BCUT2D eigenvalue weighted by atomic mass is 15.2. The van der Waals surface area contributed by atoms with Crippen molar-refractivity contribution in [1.82, 2.24) is 0 Å². The summed E-state index contributed by atoms with van der Waals surface area (Å²) >= 11 is 0. The lowest BCUT2D eigenvalue weighted by molar-refractivity contribution is 0.224. The molecule has 0 bridgehead atoms. The van der Waals surface area contributed by atoms with E-state index in [1.54, 1.807) is 0 Å². The van der Waals surface area contributed by atoms with E-state index in [2.05, 4.69) is 144 Å². The molecule has 0 spiro atoms. The number of benzene rings is 4. The van der Waals surface area contributed by atoms with Gasteiger partial charge in [0, 0.05) is 22.3 Å². The standard InChI is InChI=1S/C39H45N/c1-37(2,3)40(30-19-17-28(18-20-30)27-13-9-8-10-14-27)36-26-33-31-15-11-12-16-34(31)39(6,7)35(33)25-32(36)29-21-23-38(4,5)24-22-29/h8-20,25-26,29H,21-24H2,1-7H3. The zero-order valence-electron chi connectivity index (χ0n) is 25.5. The molecule has 2 aliphatic rings. The van der Waals surface area contributed by atoms with Crippen LogP contribution in [0.4, 0.5) is 11.4 Å². The molecule has 0 N–H and O–H groups in total. The van der Waals surface area contributed by atoms with Gasteiger partial charge >= 0.3 is 0 Å². The topological polar surface area (TPSA) is 3.24 Å². The van der Waals surface area contributed by atoms with E-state index in [9.17, 15) is 0 Å². The lowest BCUT2D eigenvalue weighted by Crippen LogP contribution is -2.38. The predicted molar refractivity (Wildman–Crippen MR) is 173 cm³/mol. The van der Waals surface area contributed by atoms with Crippen LogP contribution in [0.2, 0.25) is 0 Å². The van der Waals surface area contributed by atoms with Crippen LogP contribution in [0.15, 0.2) is 91.0 Å². The smallest absolute Gasteiger partial charge is 0.0457 e. The van der Waals surface area contributed by atoms with E-state index in [0.29, 0.717) is 11.3 Å². The van der Waals surface area contributed by atoms with Crippen molar-refractivity contribution in [2.24, 2.45) is 5.41 Å². The van der Waals surface area contributed by atoms with Gasteiger partial charge in [-0.2, -0.15) is 0 Å². The van der Waals surface area contributed by atoms with E-state index in [1.807, 2.05) is 0 Å². The zero-order valence-corrected chi connectivity index (χ0v) is 25.5. The van der Waals surface area contributed by atoms with Gasteiger partial charge in [-0.3, -0.25) is 0 Å². The number of hydrogen-bond acceptors (Lipinski definition) is 1. The Morgan fingerprint density at radius 3 is 1.90 bits per heavy atom. The maximum absolute atomic E-state index is 2.62. The van der Waals surface area contributed by atoms with Crippen LogP contribution >= 0.6 is 0 Å². The maximum Gasteiger partial charge on any atom is 0.0457 e. The van der Waals surface area contributed by atoms with Crippen molar-refractivity contribution >= 4 is 11.4 Å². The molecule has 0 amide bonds. The van der Waals surface area contributed by atoms with Gasteiger partial charge in [-0.25, -0.2) is 0 Å². The third-order valence-electron chi connectivity index (χ3n) is 9.65. The Morgan fingerprint density at radius 2 is 1.25 bits per heavy atom. The molecular formula is C39H45N. The predicted octanol–water partition coefficient (Wildman–Crippen LogP) is 11.3. The van der Waals surface area contributed by atoms with Gasteiger partial charge in [0.1, 0.15) is 0 Å². The van der Waals surface area contributed by atoms with E-state index >= 15 is 0 Å². The SMILES string of the molecule is CC1(C)CCC(c2cc3c(cc2N(c2ccc(-c4ccccc4)cc2)C(C)(C)C)-c2ccccc2C3(C)C)CC1. The summed E-state index contributed by atoms with van der Waals surface area (Å²) in [5.74, 6) is 0.585. The van der Waals surface area contributed by atoms with Crippen molar-refractivity contribution in [2.45, 2.75) is 91.0 Å². The van der Waals surface area contributed by atoms with Crippen LogP contribution in [0.5, 0.6) is 0 Å². The second kappa shape index (κ2) is 9.65. The molecule has 0 saturated heterocycles. The monoisotopic (exact) mass is 527 g/mol. The van der Waals surface area contributed by atoms with Crippen molar-refractivity contribution in [2.75, 3.05) is 4.90 Å². The molecule has 2 aliphatic carbocycles. The maximum atomic E-state index is 2.62. The van der Waals surface area contributed by atoms with Gasteiger partial charge in [-0.1, -0.05) is 100 Å². The zero-order chi connectivity index (χ0) is 28.3. The molecule has 40 heavy (non-hydrogen) atoms. The van der Waals surface area contributed by atoms with Gasteiger partial charge in [0.2, 0.25) is 0 Å². The third kappa shape index (κ3) is 4.68. The van der Waals surface area contributed by atoms with E-state index in [1.165, 1.54) is 76.0 Å². The van der Waals surface area contributed by atoms with Crippen LogP contribution in [-0.4, -0.2) is 5.54 Å². The number of rotatable bonds is 4. The number of nitrogens with zero attached hydrogens (tertiary/aromatic N) is 1. The summed E-state index contributed by atoms with van der Waals surface area (Å²) in [5, 5.41) is 0. The van der Waals surface area contributed by atoms with Gasteiger partial charge in [0.25, 0.3) is 0 Å². The Balaban J connectivity index is 1.53. The van der Waals surface area contributed by atoms with Crippen LogP contribution in [-0.2, 0) is 5.41 Å². The average Bonchev–Trinajstić information content (AvgIpc) is 3.15. The summed E-state index contributed by atoms with van der Waals surface area (Å²) in [6, 6.07) is 34.2. The van der Waals surface area contributed by atoms with E-state index in [0.717, 1.165) is 0 Å². The largest absolute Gasteiger partial charge is 0.336 e. The van der Waals surface area contributed by atoms with Gasteiger partial charge in [-0.05, 0) is 115 Å². The first-order chi connectivity index (χ1) is 19.0. The number of hydrogen-bond donors (Lipinski definition) is 0. The first-order valence-electron chi connectivity index (χ1n) is 15.2. The third-order valence-corrected chi connectivity index (χ3v) is 9.65. The van der Waals surface area contributed by atoms with Crippen molar-refractivity contribution in [3.63, 3.8) is 0 Å². The average molecular weight is 528 g/mol. The molecule has 4 aromatic carbocycles. The summed E-state index contributed by atoms with van der Waals surface area (Å²) < 4.78 is 0. The second-order valence-electron chi connectivity index (χ2n) is 14.5. The van der Waals surface area contributed by atoms with Gasteiger partial charge in [0.05, 0.1) is 0 Å². The molecule has 0 atom stereocenters. The quantitative estimate of drug-likeness (QED) is 0.255. The van der Waals surface area contributed by atoms with Crippen LogP contribution in [0, 0.1) is 5.41 Å². The van der Waals surface area contributed by atoms with Crippen molar-refractivity contribution in [1.29, 1.82) is 0 Å². The second-order valence-corrected chi connectivity index (χ2v) is 14.5. The highest BCUT2D eigenvalue weighted by molar-refractivity contribution is 5.86. The molecule has 206 valence electrons. The minimum absolute atomic E-state index is 0.0110. The van der Waals surface area contributed by atoms with Crippen LogP contribution in [0.1, 0.15) is 96.8 Å². The molecule has 0 unspecified atom stereocenters. The van der Waals surface area contributed by atoms with Crippen LogP contribution in [0.3, 0.4) is 0 Å². The highest BCUT2D eigenvalue weighted by Crippen LogP contribution is 2.54. The Hall–Kier alpha value is -3.32. The molecular weight excluding hydrogens is 482 g/mol. The Kier molecular flexibility index (Phi) is 6.49. The Morgan fingerprint density at radius 1 is 0.650 bits per heavy atom. The van der Waals surface area contributed by atoms with Crippen molar-refractivity contribution < 1.29 is 0 Å². The Bertz CT molecular complexity index is 1510. The number of anilines is 2. The fourth-order valence-corrected chi connectivity index (χ4v) is 7.31. The fraction of sp³-hybridized carbons (Fsp3) is 0.385. The fourth-order valence-electron chi connectivity index (χ4n) is 7.31. The van der Waals surface area contributed by atoms with Gasteiger partial charge < -0.3 is 4.90 Å². The van der Waals surface area contributed by atoms with Crippen molar-refractivity contribution in [3.8, 4) is 22.3 Å². The minimum Gasteiger partial charge on any atom is -0.336 e. The molecule has 1 heteroatoms. The van der Waals surface area contributed by atoms with E-state index in [-0.39, 0.29) is 11.0 Å². The van der Waals surface area contributed by atoms with Crippen molar-refractivity contribution in [3.05, 3.63) is 108 Å². The molecule has 1 nitrogen and oxygen atoms in total. The normalized spacial score (nSPS) is 17.8. The molecule has 0 aromatic heterocycles. The molecule has 1 saturated carbocycles. The summed E-state index contributed by atoms with van der Waals surface area (Å²) in [7, 11) is 0. The van der Waals surface area contributed by atoms with Crippen LogP contribution < -0.4 is 4.90 Å². The summed E-state index contributed by atoms with van der Waals surface area (Å²) in [6.45, 7) is 16.8. The summed E-state index contributed by atoms with van der Waals surface area (Å²) in [4.78, 5) is 2.62. The highest BCUT2D eigenvalue weighted by Gasteiger charge is 2.39. The van der Waals surface area contributed by atoms with Gasteiger partial charge in [0.15, 0.2) is 0 Å². The minimum atomic E-state index is -0.0845. The molecule has 6 rings (SSSR count). The molecule has 0 radical (unpaired) electrons. The van der Waals surface area contributed by atoms with Crippen LogP contribution in [0.25, 0.3) is 22.3 Å². The Labute approximate surface area is 242 Å². The molecule has 0 heterocycles. The first-order valence-corrected chi connectivity index (χ1v) is 15.2. The van der Waals surface area contributed by atoms with E-state index < -0.39 is 0 Å².